The van der Waals surface area contributed by atoms with Crippen LogP contribution < -0.4 is 0 Å². The summed E-state index contributed by atoms with van der Waals surface area (Å²) >= 11 is 0. The van der Waals surface area contributed by atoms with Crippen LogP contribution in [0, 0.1) is 12.3 Å². The fraction of sp³-hybridized carbons (Fsp3) is 0.143. The van der Waals surface area contributed by atoms with Gasteiger partial charge in [0.25, 0.3) is 0 Å². The molecule has 1 unspecified atom stereocenters. The van der Waals surface area contributed by atoms with Gasteiger partial charge in [-0.3, -0.25) is 4.79 Å². The zero-order valence-electron chi connectivity index (χ0n) is 5.52. The number of carbonyl (C=O) groups excluding carboxylic acids is 1. The molecule has 1 aromatic heterocycles. The minimum atomic E-state index is -1.10. The molecule has 0 amide bonds. The molecule has 0 aromatic carbocycles. The van der Waals surface area contributed by atoms with Crippen LogP contribution in [0.5, 0.6) is 0 Å². The highest BCUT2D eigenvalue weighted by molar-refractivity contribution is 5.70. The number of aldehydes is 1. The number of terminal acetylenes is 1. The van der Waals surface area contributed by atoms with Gasteiger partial charge in [0.1, 0.15) is 5.69 Å². The van der Waals surface area contributed by atoms with Crippen LogP contribution in [-0.2, 0) is 0 Å². The van der Waals surface area contributed by atoms with Gasteiger partial charge in [0.15, 0.2) is 18.2 Å². The number of aromatic nitrogens is 1. The van der Waals surface area contributed by atoms with Crippen LogP contribution in [0.15, 0.2) is 10.6 Å². The predicted octanol–water partition coefficient (Wildman–Crippen LogP) is 0.154. The van der Waals surface area contributed by atoms with E-state index < -0.39 is 6.10 Å². The Balaban J connectivity index is 2.90. The highest BCUT2D eigenvalue weighted by Gasteiger charge is 2.09. The first-order valence-corrected chi connectivity index (χ1v) is 2.84. The topological polar surface area (TPSA) is 63.3 Å². The Morgan fingerprint density at radius 3 is 3.09 bits per heavy atom. The summed E-state index contributed by atoms with van der Waals surface area (Å²) in [5.41, 5.74) is 0.176. The zero-order valence-corrected chi connectivity index (χ0v) is 5.52. The molecule has 0 aliphatic rings. The first-order chi connectivity index (χ1) is 5.27. The molecule has 0 spiro atoms. The number of rotatable bonds is 2. The van der Waals surface area contributed by atoms with E-state index in [9.17, 15) is 4.79 Å². The molecule has 0 radical (unpaired) electrons. The van der Waals surface area contributed by atoms with E-state index in [1.807, 2.05) is 5.92 Å². The number of hydrogen-bond donors (Lipinski definition) is 1. The van der Waals surface area contributed by atoms with Gasteiger partial charge in [-0.2, -0.15) is 0 Å². The van der Waals surface area contributed by atoms with Gasteiger partial charge in [-0.1, -0.05) is 11.1 Å². The molecule has 0 aliphatic heterocycles. The number of aliphatic hydroxyl groups is 1. The summed E-state index contributed by atoms with van der Waals surface area (Å²) in [5.74, 6) is 2.09. The van der Waals surface area contributed by atoms with Crippen molar-refractivity contribution in [2.45, 2.75) is 6.10 Å². The Kier molecular flexibility index (Phi) is 2.04. The maximum atomic E-state index is 10.1. The number of hydrogen-bond acceptors (Lipinski definition) is 4. The Morgan fingerprint density at radius 1 is 1.91 bits per heavy atom. The Hall–Kier alpha value is -1.60. The van der Waals surface area contributed by atoms with Crippen molar-refractivity contribution in [3.05, 3.63) is 17.5 Å². The Bertz CT molecular complexity index is 297. The molecule has 4 nitrogen and oxygen atoms in total. The van der Waals surface area contributed by atoms with Crippen molar-refractivity contribution in [2.75, 3.05) is 0 Å². The predicted molar refractivity (Wildman–Crippen MR) is 35.7 cm³/mol. The molecule has 1 heterocycles. The second-order valence-electron chi connectivity index (χ2n) is 1.84. The second kappa shape index (κ2) is 2.99. The van der Waals surface area contributed by atoms with Crippen LogP contribution >= 0.6 is 0 Å². The van der Waals surface area contributed by atoms with Crippen molar-refractivity contribution < 1.29 is 14.4 Å². The summed E-state index contributed by atoms with van der Waals surface area (Å²) in [6, 6.07) is 1.29. The maximum Gasteiger partial charge on any atom is 0.199 e. The molecule has 0 aliphatic carbocycles. The number of nitrogens with zero attached hydrogens (tertiary/aromatic N) is 1. The normalized spacial score (nSPS) is 12.0. The fourth-order valence-electron chi connectivity index (χ4n) is 0.574. The maximum absolute atomic E-state index is 10.1. The van der Waals surface area contributed by atoms with Crippen molar-refractivity contribution in [1.82, 2.24) is 5.16 Å². The average Bonchev–Trinajstić information content (AvgIpc) is 2.50. The van der Waals surface area contributed by atoms with Gasteiger partial charge in [0, 0.05) is 6.07 Å². The Labute approximate surface area is 62.8 Å². The quantitative estimate of drug-likeness (QED) is 0.482. The molecule has 1 atom stereocenters. The lowest BCUT2D eigenvalue weighted by molar-refractivity contribution is 0.109. The van der Waals surface area contributed by atoms with E-state index in [4.69, 9.17) is 11.5 Å². The molecule has 1 rings (SSSR count). The molecular weight excluding hydrogens is 146 g/mol. The third-order valence-electron chi connectivity index (χ3n) is 1.10. The van der Waals surface area contributed by atoms with Gasteiger partial charge in [0.05, 0.1) is 0 Å². The van der Waals surface area contributed by atoms with Crippen LogP contribution in [0.3, 0.4) is 0 Å². The van der Waals surface area contributed by atoms with Crippen LogP contribution in [0.25, 0.3) is 0 Å². The summed E-state index contributed by atoms with van der Waals surface area (Å²) in [6.45, 7) is 0. The lowest BCUT2D eigenvalue weighted by Crippen LogP contribution is -1.91. The summed E-state index contributed by atoms with van der Waals surface area (Å²) in [7, 11) is 0. The Morgan fingerprint density at radius 2 is 2.64 bits per heavy atom. The van der Waals surface area contributed by atoms with E-state index in [2.05, 4.69) is 9.68 Å². The smallest absolute Gasteiger partial charge is 0.199 e. The summed E-state index contributed by atoms with van der Waals surface area (Å²) in [4.78, 5) is 10.1. The molecule has 4 heteroatoms. The van der Waals surface area contributed by atoms with Gasteiger partial charge < -0.3 is 9.63 Å². The van der Waals surface area contributed by atoms with Crippen molar-refractivity contribution >= 4 is 6.29 Å². The van der Waals surface area contributed by atoms with E-state index in [-0.39, 0.29) is 11.5 Å². The molecule has 1 aromatic rings. The first-order valence-electron chi connectivity index (χ1n) is 2.84. The third kappa shape index (κ3) is 1.45. The van der Waals surface area contributed by atoms with E-state index >= 15 is 0 Å². The lowest BCUT2D eigenvalue weighted by atomic mass is 10.2. The highest BCUT2D eigenvalue weighted by atomic mass is 16.5. The van der Waals surface area contributed by atoms with Crippen molar-refractivity contribution in [1.29, 1.82) is 0 Å². The molecule has 56 valence electrons. The third-order valence-corrected chi connectivity index (χ3v) is 1.10. The van der Waals surface area contributed by atoms with E-state index in [0.717, 1.165) is 0 Å². The largest absolute Gasteiger partial charge is 0.374 e. The molecule has 1 N–H and O–H groups in total. The molecule has 0 saturated carbocycles. The molecule has 11 heavy (non-hydrogen) atoms. The minimum absolute atomic E-state index is 0.0503. The molecule has 0 fully saturated rings. The van der Waals surface area contributed by atoms with E-state index in [0.29, 0.717) is 6.29 Å². The molecule has 0 saturated heterocycles. The van der Waals surface area contributed by atoms with Crippen LogP contribution in [0.2, 0.25) is 0 Å². The van der Waals surface area contributed by atoms with Gasteiger partial charge in [-0.15, -0.1) is 6.42 Å². The minimum Gasteiger partial charge on any atom is -0.374 e. The van der Waals surface area contributed by atoms with Crippen molar-refractivity contribution in [3.63, 3.8) is 0 Å². The van der Waals surface area contributed by atoms with Crippen molar-refractivity contribution in [3.8, 4) is 12.3 Å². The summed E-state index contributed by atoms with van der Waals surface area (Å²) in [5, 5.41) is 12.3. The summed E-state index contributed by atoms with van der Waals surface area (Å²) < 4.78 is 4.46. The van der Waals surface area contributed by atoms with Crippen LogP contribution in [0.1, 0.15) is 22.4 Å². The standard InChI is InChI=1S/C7H5NO3/c1-2-7(10)6-3-5(4-9)11-8-6/h1,3-4,7,10H. The lowest BCUT2D eigenvalue weighted by Gasteiger charge is -1.92. The molecular formula is C7H5NO3. The fourth-order valence-corrected chi connectivity index (χ4v) is 0.574. The number of aliphatic hydroxyl groups excluding tert-OH is 1. The van der Waals surface area contributed by atoms with Gasteiger partial charge in [0.2, 0.25) is 0 Å². The van der Waals surface area contributed by atoms with Gasteiger partial charge in [-0.05, 0) is 0 Å². The van der Waals surface area contributed by atoms with E-state index in [1.165, 1.54) is 6.07 Å². The second-order valence-corrected chi connectivity index (χ2v) is 1.84. The summed E-state index contributed by atoms with van der Waals surface area (Å²) in [6.07, 6.45) is 4.27. The monoisotopic (exact) mass is 151 g/mol. The molecule has 0 bridgehead atoms. The average molecular weight is 151 g/mol. The van der Waals surface area contributed by atoms with Crippen molar-refractivity contribution in [2.24, 2.45) is 0 Å². The zero-order chi connectivity index (χ0) is 8.27. The van der Waals surface area contributed by atoms with Crippen LogP contribution in [0.4, 0.5) is 0 Å². The van der Waals surface area contributed by atoms with Crippen LogP contribution in [-0.4, -0.2) is 16.5 Å². The number of carbonyl (C=O) groups is 1. The van der Waals surface area contributed by atoms with Gasteiger partial charge in [-0.25, -0.2) is 0 Å². The SMILES string of the molecule is C#CC(O)c1cc(C=O)on1. The first kappa shape index (κ1) is 7.51. The van der Waals surface area contributed by atoms with E-state index in [1.54, 1.807) is 0 Å². The van der Waals surface area contributed by atoms with Gasteiger partial charge >= 0.3 is 0 Å². The highest BCUT2D eigenvalue weighted by Crippen LogP contribution is 2.09.